The van der Waals surface area contributed by atoms with E-state index in [1.54, 1.807) is 48.5 Å². The summed E-state index contributed by atoms with van der Waals surface area (Å²) in [5, 5.41) is 22.0. The maximum absolute atomic E-state index is 13.1. The molecule has 0 bridgehead atoms. The van der Waals surface area contributed by atoms with Crippen molar-refractivity contribution in [1.29, 1.82) is 0 Å². The SMILES string of the molecule is Cc1ccc(N2C(=O)[C@@]3(O)N(O)c4ccccc4[C@@]3(C)C2=O)cc1. The zero-order chi connectivity index (χ0) is 17.3. The number of anilines is 2. The van der Waals surface area contributed by atoms with Gasteiger partial charge in [-0.05, 0) is 37.6 Å². The largest absolute Gasteiger partial charge is 0.360 e. The fourth-order valence-corrected chi connectivity index (χ4v) is 3.62. The molecule has 24 heavy (non-hydrogen) atoms. The Balaban J connectivity index is 1.94. The van der Waals surface area contributed by atoms with E-state index in [1.165, 1.54) is 6.92 Å². The minimum absolute atomic E-state index is 0.257. The summed E-state index contributed by atoms with van der Waals surface area (Å²) in [5.74, 6) is -1.43. The first-order chi connectivity index (χ1) is 11.3. The van der Waals surface area contributed by atoms with Gasteiger partial charge in [0, 0.05) is 0 Å². The van der Waals surface area contributed by atoms with Gasteiger partial charge in [0.25, 0.3) is 11.6 Å². The fourth-order valence-electron chi connectivity index (χ4n) is 3.62. The molecule has 2 amide bonds. The standard InChI is InChI=1S/C18H16N2O4/c1-11-7-9-12(10-8-11)19-15(21)17(2)13-5-3-4-6-14(13)20(24)18(17,23)16(19)22/h3-10,23-24H,1-2H3/t17-,18-/m0/s1. The van der Waals surface area contributed by atoms with Crippen LogP contribution in [0.5, 0.6) is 0 Å². The van der Waals surface area contributed by atoms with Gasteiger partial charge >= 0.3 is 0 Å². The number of benzene rings is 2. The number of carbonyl (C=O) groups excluding carboxylic acids is 2. The zero-order valence-corrected chi connectivity index (χ0v) is 13.2. The summed E-state index contributed by atoms with van der Waals surface area (Å²) in [5.41, 5.74) is -1.92. The first kappa shape index (κ1) is 14.9. The van der Waals surface area contributed by atoms with Crippen LogP contribution in [0.15, 0.2) is 48.5 Å². The van der Waals surface area contributed by atoms with Gasteiger partial charge in [-0.3, -0.25) is 14.8 Å². The number of hydrogen-bond acceptors (Lipinski definition) is 5. The first-order valence-electron chi connectivity index (χ1n) is 7.60. The number of amides is 2. The number of hydrogen-bond donors (Lipinski definition) is 2. The summed E-state index contributed by atoms with van der Waals surface area (Å²) in [6.07, 6.45) is 0. The molecule has 2 aliphatic rings. The van der Waals surface area contributed by atoms with E-state index in [0.717, 1.165) is 10.5 Å². The Hall–Kier alpha value is -2.70. The second-order valence-electron chi connectivity index (χ2n) is 6.41. The van der Waals surface area contributed by atoms with Crippen molar-refractivity contribution in [3.8, 4) is 0 Å². The summed E-state index contributed by atoms with van der Waals surface area (Å²) >= 11 is 0. The van der Waals surface area contributed by atoms with E-state index in [4.69, 9.17) is 0 Å². The van der Waals surface area contributed by atoms with Gasteiger partial charge in [0.1, 0.15) is 5.41 Å². The predicted octanol–water partition coefficient (Wildman–Crippen LogP) is 1.72. The van der Waals surface area contributed by atoms with E-state index < -0.39 is 23.0 Å². The number of nitrogens with zero attached hydrogens (tertiary/aromatic N) is 2. The Labute approximate surface area is 138 Å². The van der Waals surface area contributed by atoms with Crippen molar-refractivity contribution in [2.45, 2.75) is 25.0 Å². The van der Waals surface area contributed by atoms with Gasteiger partial charge in [-0.25, -0.2) is 9.96 Å². The summed E-state index contributed by atoms with van der Waals surface area (Å²) in [6, 6.07) is 13.4. The molecule has 0 aromatic heterocycles. The minimum atomic E-state index is -2.36. The molecule has 6 heteroatoms. The highest BCUT2D eigenvalue weighted by Gasteiger charge is 2.75. The van der Waals surface area contributed by atoms with Crippen LogP contribution in [-0.2, 0) is 15.0 Å². The van der Waals surface area contributed by atoms with E-state index in [9.17, 15) is 19.9 Å². The number of hydroxylamine groups is 1. The van der Waals surface area contributed by atoms with Crippen LogP contribution in [0.4, 0.5) is 11.4 Å². The van der Waals surface area contributed by atoms with Crippen molar-refractivity contribution in [1.82, 2.24) is 0 Å². The van der Waals surface area contributed by atoms with Gasteiger partial charge in [-0.2, -0.15) is 0 Å². The third-order valence-corrected chi connectivity index (χ3v) is 5.10. The van der Waals surface area contributed by atoms with Crippen LogP contribution in [0.1, 0.15) is 18.1 Å². The first-order valence-corrected chi connectivity index (χ1v) is 7.60. The lowest BCUT2D eigenvalue weighted by Gasteiger charge is -2.31. The monoisotopic (exact) mass is 324 g/mol. The van der Waals surface area contributed by atoms with Crippen molar-refractivity contribution in [3.05, 3.63) is 59.7 Å². The molecule has 0 unspecified atom stereocenters. The van der Waals surface area contributed by atoms with Gasteiger partial charge in [0.15, 0.2) is 0 Å². The molecule has 6 nitrogen and oxygen atoms in total. The Bertz CT molecular complexity index is 879. The number of fused-ring (bicyclic) bond motifs is 3. The Kier molecular flexibility index (Phi) is 2.75. The lowest BCUT2D eigenvalue weighted by Crippen LogP contribution is -2.58. The van der Waals surface area contributed by atoms with Gasteiger partial charge in [-0.1, -0.05) is 35.9 Å². The second-order valence-corrected chi connectivity index (χ2v) is 6.41. The molecule has 0 spiro atoms. The molecule has 122 valence electrons. The maximum Gasteiger partial charge on any atom is 0.290 e. The van der Waals surface area contributed by atoms with E-state index in [-0.39, 0.29) is 5.69 Å². The maximum atomic E-state index is 13.1. The Morgan fingerprint density at radius 2 is 1.58 bits per heavy atom. The summed E-state index contributed by atoms with van der Waals surface area (Å²) in [4.78, 5) is 27.0. The van der Waals surface area contributed by atoms with Gasteiger partial charge < -0.3 is 5.11 Å². The molecule has 2 aromatic carbocycles. The van der Waals surface area contributed by atoms with E-state index in [2.05, 4.69) is 0 Å². The van der Waals surface area contributed by atoms with Crippen molar-refractivity contribution in [3.63, 3.8) is 0 Å². The van der Waals surface area contributed by atoms with Crippen molar-refractivity contribution in [2.24, 2.45) is 0 Å². The number of carbonyl (C=O) groups is 2. The molecule has 0 aliphatic carbocycles. The number of imide groups is 1. The van der Waals surface area contributed by atoms with Crippen molar-refractivity contribution >= 4 is 23.2 Å². The molecule has 2 aromatic rings. The molecule has 2 N–H and O–H groups in total. The minimum Gasteiger partial charge on any atom is -0.360 e. The average molecular weight is 324 g/mol. The third-order valence-electron chi connectivity index (χ3n) is 5.10. The number of rotatable bonds is 1. The molecule has 0 radical (unpaired) electrons. The summed E-state index contributed by atoms with van der Waals surface area (Å²) in [7, 11) is 0. The van der Waals surface area contributed by atoms with Crippen molar-refractivity contribution in [2.75, 3.05) is 9.96 Å². The van der Waals surface area contributed by atoms with Gasteiger partial charge in [0.05, 0.1) is 11.4 Å². The molecule has 2 atom stereocenters. The quantitative estimate of drug-likeness (QED) is 0.781. The van der Waals surface area contributed by atoms with Gasteiger partial charge in [-0.15, -0.1) is 0 Å². The van der Waals surface area contributed by atoms with Crippen LogP contribution in [0, 0.1) is 6.92 Å². The fraction of sp³-hybridized carbons (Fsp3) is 0.222. The second kappa shape index (κ2) is 4.43. The number of aliphatic hydroxyl groups is 1. The number of aryl methyl sites for hydroxylation is 1. The van der Waals surface area contributed by atoms with Crippen molar-refractivity contribution < 1.29 is 19.9 Å². The highest BCUT2D eigenvalue weighted by molar-refractivity contribution is 6.30. The lowest BCUT2D eigenvalue weighted by atomic mass is 9.77. The third kappa shape index (κ3) is 1.43. The highest BCUT2D eigenvalue weighted by atomic mass is 16.6. The van der Waals surface area contributed by atoms with Crippen LogP contribution in [0.3, 0.4) is 0 Å². The normalized spacial score (nSPS) is 28.3. The molecular weight excluding hydrogens is 308 g/mol. The molecule has 1 fully saturated rings. The smallest absolute Gasteiger partial charge is 0.290 e. The molecule has 0 saturated carbocycles. The van der Waals surface area contributed by atoms with Crippen LogP contribution in [-0.4, -0.2) is 27.9 Å². The van der Waals surface area contributed by atoms with Crippen LogP contribution < -0.4 is 9.96 Å². The summed E-state index contributed by atoms with van der Waals surface area (Å²) < 4.78 is 0. The number of para-hydroxylation sites is 1. The zero-order valence-electron chi connectivity index (χ0n) is 13.2. The van der Waals surface area contributed by atoms with E-state index in [1.807, 2.05) is 6.92 Å². The molecule has 4 rings (SSSR count). The molecule has 1 saturated heterocycles. The molecule has 2 aliphatic heterocycles. The lowest BCUT2D eigenvalue weighted by molar-refractivity contribution is -0.146. The Morgan fingerprint density at radius 1 is 0.958 bits per heavy atom. The van der Waals surface area contributed by atoms with E-state index in [0.29, 0.717) is 16.3 Å². The summed E-state index contributed by atoms with van der Waals surface area (Å²) in [6.45, 7) is 3.38. The predicted molar refractivity (Wildman–Crippen MR) is 86.7 cm³/mol. The topological polar surface area (TPSA) is 81.1 Å². The average Bonchev–Trinajstić information content (AvgIpc) is 2.86. The van der Waals surface area contributed by atoms with Crippen LogP contribution in [0.25, 0.3) is 0 Å². The highest BCUT2D eigenvalue weighted by Crippen LogP contribution is 2.55. The van der Waals surface area contributed by atoms with Gasteiger partial charge in [0.2, 0.25) is 5.91 Å². The molecular formula is C18H16N2O4. The van der Waals surface area contributed by atoms with Crippen LogP contribution in [0.2, 0.25) is 0 Å². The molecule has 2 heterocycles. The van der Waals surface area contributed by atoms with E-state index >= 15 is 0 Å². The Morgan fingerprint density at radius 3 is 2.25 bits per heavy atom. The van der Waals surface area contributed by atoms with Crippen LogP contribution >= 0.6 is 0 Å².